The number of imide groups is 1. The van der Waals surface area contributed by atoms with Gasteiger partial charge in [-0.25, -0.2) is 9.78 Å². The first kappa shape index (κ1) is 25.2. The molecule has 0 spiro atoms. The molecule has 202 valence electrons. The zero-order valence-corrected chi connectivity index (χ0v) is 21.4. The van der Waals surface area contributed by atoms with E-state index in [2.05, 4.69) is 20.7 Å². The average molecular weight is 539 g/mol. The van der Waals surface area contributed by atoms with Gasteiger partial charge in [0.05, 0.1) is 29.6 Å². The van der Waals surface area contributed by atoms with Gasteiger partial charge in [0, 0.05) is 41.9 Å². The third-order valence-electron chi connectivity index (χ3n) is 7.48. The lowest BCUT2D eigenvalue weighted by molar-refractivity contribution is -0.134. The van der Waals surface area contributed by atoms with Crippen molar-refractivity contribution in [3.63, 3.8) is 0 Å². The molecule has 0 radical (unpaired) electrons. The van der Waals surface area contributed by atoms with Crippen LogP contribution in [0, 0.1) is 0 Å². The number of nitrogens with two attached hydrogens (primary N) is 1. The van der Waals surface area contributed by atoms with Gasteiger partial charge in [-0.1, -0.05) is 36.4 Å². The fourth-order valence-electron chi connectivity index (χ4n) is 5.32. The Morgan fingerprint density at radius 3 is 2.48 bits per heavy atom. The second-order valence-corrected chi connectivity index (χ2v) is 9.88. The highest BCUT2D eigenvalue weighted by Crippen LogP contribution is 2.34. The molecule has 1 unspecified atom stereocenters. The fourth-order valence-corrected chi connectivity index (χ4v) is 5.32. The molecule has 5 heterocycles. The van der Waals surface area contributed by atoms with E-state index in [0.29, 0.717) is 43.6 Å². The largest absolute Gasteiger partial charge is 0.383 e. The van der Waals surface area contributed by atoms with Gasteiger partial charge < -0.3 is 16.0 Å². The van der Waals surface area contributed by atoms with Gasteiger partial charge in [-0.2, -0.15) is 9.61 Å². The lowest BCUT2D eigenvalue weighted by atomic mass is 9.90. The molecule has 6 rings (SSSR count). The van der Waals surface area contributed by atoms with Crippen molar-refractivity contribution >= 4 is 35.6 Å². The van der Waals surface area contributed by atoms with E-state index in [1.165, 1.54) is 4.52 Å². The molecule has 40 heavy (non-hydrogen) atoms. The maximum absolute atomic E-state index is 12.8. The Hall–Kier alpha value is -5.13. The Balaban J connectivity index is 1.24. The standard InChI is InChI=1S/C28H26N8O4/c29-25-20(15-37)24(17-8-10-35(11-9-17)23(38)12-22-27(39)34-28(40)32-22)33-26-19(14-31-36(25)26)18-6-7-21(30-13-18)16-4-2-1-3-5-16/h1-7,13-15,17,22H,8-12,29H2,(H2,32,34,39,40). The van der Waals surface area contributed by atoms with Crippen LogP contribution in [0.3, 0.4) is 0 Å². The van der Waals surface area contributed by atoms with Crippen molar-refractivity contribution in [2.24, 2.45) is 0 Å². The number of hydrogen-bond acceptors (Lipinski definition) is 8. The minimum atomic E-state index is -0.861. The molecule has 1 atom stereocenters. The maximum Gasteiger partial charge on any atom is 0.322 e. The summed E-state index contributed by atoms with van der Waals surface area (Å²) in [5, 5.41) is 8.98. The molecule has 4 N–H and O–H groups in total. The highest BCUT2D eigenvalue weighted by Gasteiger charge is 2.34. The summed E-state index contributed by atoms with van der Waals surface area (Å²) in [6, 6.07) is 12.3. The van der Waals surface area contributed by atoms with Crippen LogP contribution in [0.25, 0.3) is 28.0 Å². The van der Waals surface area contributed by atoms with Crippen molar-refractivity contribution in [1.29, 1.82) is 0 Å². The van der Waals surface area contributed by atoms with Crippen LogP contribution in [0.2, 0.25) is 0 Å². The second-order valence-electron chi connectivity index (χ2n) is 9.88. The zero-order valence-electron chi connectivity index (χ0n) is 21.4. The van der Waals surface area contributed by atoms with Gasteiger partial charge >= 0.3 is 6.03 Å². The van der Waals surface area contributed by atoms with Crippen molar-refractivity contribution in [2.45, 2.75) is 31.2 Å². The molecule has 2 aliphatic rings. The third kappa shape index (κ3) is 4.53. The number of likely N-dealkylation sites (tertiary alicyclic amines) is 1. The van der Waals surface area contributed by atoms with Gasteiger partial charge in [0.25, 0.3) is 5.91 Å². The number of anilines is 1. The van der Waals surface area contributed by atoms with Crippen molar-refractivity contribution < 1.29 is 19.2 Å². The molecule has 2 saturated heterocycles. The number of nitrogen functional groups attached to an aromatic ring is 1. The lowest BCUT2D eigenvalue weighted by Crippen LogP contribution is -2.42. The predicted octanol–water partition coefficient (Wildman–Crippen LogP) is 2.16. The average Bonchev–Trinajstić information content (AvgIpc) is 3.55. The second kappa shape index (κ2) is 10.2. The molecule has 12 heteroatoms. The van der Waals surface area contributed by atoms with Crippen LogP contribution < -0.4 is 16.4 Å². The number of aromatic nitrogens is 4. The number of nitrogens with zero attached hydrogens (tertiary/aromatic N) is 5. The number of benzene rings is 1. The molecular formula is C28H26N8O4. The van der Waals surface area contributed by atoms with Gasteiger partial charge in [0.1, 0.15) is 11.9 Å². The van der Waals surface area contributed by atoms with Crippen LogP contribution in [0.15, 0.2) is 54.9 Å². The first-order valence-electron chi connectivity index (χ1n) is 13.0. The molecule has 0 bridgehead atoms. The Bertz CT molecular complexity index is 1630. The number of pyridine rings is 1. The van der Waals surface area contributed by atoms with Crippen LogP contribution in [0.5, 0.6) is 0 Å². The summed E-state index contributed by atoms with van der Waals surface area (Å²) < 4.78 is 1.47. The summed E-state index contributed by atoms with van der Waals surface area (Å²) in [7, 11) is 0. The smallest absolute Gasteiger partial charge is 0.322 e. The van der Waals surface area contributed by atoms with Crippen LogP contribution in [0.4, 0.5) is 10.6 Å². The molecule has 2 fully saturated rings. The number of amides is 4. The van der Waals surface area contributed by atoms with E-state index >= 15 is 0 Å². The van der Waals surface area contributed by atoms with E-state index in [4.69, 9.17) is 10.7 Å². The van der Waals surface area contributed by atoms with E-state index in [-0.39, 0.29) is 29.6 Å². The number of aldehydes is 1. The molecule has 0 saturated carbocycles. The number of rotatable bonds is 6. The Labute approximate surface area is 228 Å². The molecule has 1 aromatic carbocycles. The topological polar surface area (TPSA) is 165 Å². The summed E-state index contributed by atoms with van der Waals surface area (Å²) in [4.78, 5) is 59.2. The summed E-state index contributed by atoms with van der Waals surface area (Å²) in [5.41, 5.74) is 11.2. The summed E-state index contributed by atoms with van der Waals surface area (Å²) in [6.45, 7) is 0.849. The number of piperidine rings is 1. The monoisotopic (exact) mass is 538 g/mol. The number of fused-ring (bicyclic) bond motifs is 1. The van der Waals surface area contributed by atoms with Crippen molar-refractivity contribution in [2.75, 3.05) is 18.8 Å². The number of urea groups is 1. The normalized spacial score (nSPS) is 17.6. The summed E-state index contributed by atoms with van der Waals surface area (Å²) in [6.07, 6.45) is 5.16. The van der Waals surface area contributed by atoms with Crippen LogP contribution in [0.1, 0.15) is 41.2 Å². The van der Waals surface area contributed by atoms with Gasteiger partial charge in [0.15, 0.2) is 11.9 Å². The van der Waals surface area contributed by atoms with Crippen LogP contribution >= 0.6 is 0 Å². The van der Waals surface area contributed by atoms with E-state index in [9.17, 15) is 19.2 Å². The number of carbonyl (C=O) groups excluding carboxylic acids is 4. The first-order valence-corrected chi connectivity index (χ1v) is 13.0. The molecule has 12 nitrogen and oxygen atoms in total. The van der Waals surface area contributed by atoms with E-state index < -0.39 is 18.0 Å². The number of hydrogen-bond donors (Lipinski definition) is 3. The summed E-state index contributed by atoms with van der Waals surface area (Å²) in [5.74, 6) is -0.619. The molecule has 0 aliphatic carbocycles. The molecular weight excluding hydrogens is 512 g/mol. The van der Waals surface area contributed by atoms with Crippen LogP contribution in [-0.2, 0) is 9.59 Å². The van der Waals surface area contributed by atoms with E-state index in [1.807, 2.05) is 42.5 Å². The third-order valence-corrected chi connectivity index (χ3v) is 7.48. The van der Waals surface area contributed by atoms with Crippen molar-refractivity contribution in [3.05, 3.63) is 66.1 Å². The fraction of sp³-hybridized carbons (Fsp3) is 0.250. The quantitative estimate of drug-likeness (QED) is 0.248. The Morgan fingerprint density at radius 1 is 1.05 bits per heavy atom. The van der Waals surface area contributed by atoms with E-state index in [1.54, 1.807) is 17.3 Å². The maximum atomic E-state index is 12.8. The zero-order chi connectivity index (χ0) is 27.8. The highest BCUT2D eigenvalue weighted by molar-refractivity contribution is 6.05. The number of carbonyl (C=O) groups is 4. The van der Waals surface area contributed by atoms with Gasteiger partial charge in [-0.3, -0.25) is 24.7 Å². The lowest BCUT2D eigenvalue weighted by Gasteiger charge is -2.32. The predicted molar refractivity (Wildman–Crippen MR) is 145 cm³/mol. The van der Waals surface area contributed by atoms with E-state index in [0.717, 1.165) is 22.4 Å². The highest BCUT2D eigenvalue weighted by atomic mass is 16.2. The van der Waals surface area contributed by atoms with Gasteiger partial charge in [-0.05, 0) is 18.9 Å². The minimum absolute atomic E-state index is 0.102. The summed E-state index contributed by atoms with van der Waals surface area (Å²) >= 11 is 0. The SMILES string of the molecule is Nc1c(C=O)c(C2CCN(C(=O)CC3NC(=O)NC3=O)CC2)nc2c(-c3ccc(-c4ccccc4)nc3)cnn12. The molecule has 4 aromatic rings. The molecule has 4 amide bonds. The van der Waals surface area contributed by atoms with Gasteiger partial charge in [-0.15, -0.1) is 0 Å². The Morgan fingerprint density at radius 2 is 1.82 bits per heavy atom. The minimum Gasteiger partial charge on any atom is -0.383 e. The number of nitrogens with one attached hydrogen (secondary N) is 2. The molecule has 3 aromatic heterocycles. The molecule has 2 aliphatic heterocycles. The Kier molecular flexibility index (Phi) is 6.42. The van der Waals surface area contributed by atoms with Gasteiger partial charge in [0.2, 0.25) is 5.91 Å². The van der Waals surface area contributed by atoms with Crippen molar-refractivity contribution in [1.82, 2.24) is 35.1 Å². The van der Waals surface area contributed by atoms with Crippen LogP contribution in [-0.4, -0.2) is 67.7 Å². The van der Waals surface area contributed by atoms with Crippen molar-refractivity contribution in [3.8, 4) is 22.4 Å². The first-order chi connectivity index (χ1) is 19.4.